The number of benzene rings is 2. The third-order valence-corrected chi connectivity index (χ3v) is 5.53. The first kappa shape index (κ1) is 18.3. The van der Waals surface area contributed by atoms with E-state index in [0.29, 0.717) is 36.3 Å². The van der Waals surface area contributed by atoms with Gasteiger partial charge in [0, 0.05) is 30.8 Å². The minimum atomic E-state index is -0.432. The second-order valence-electron chi connectivity index (χ2n) is 7.57. The number of nitro benzene ring substituents is 1. The van der Waals surface area contributed by atoms with Gasteiger partial charge in [-0.15, -0.1) is 0 Å². The molecule has 2 N–H and O–H groups in total. The predicted molar refractivity (Wildman–Crippen MR) is 106 cm³/mol. The van der Waals surface area contributed by atoms with Gasteiger partial charge in [-0.25, -0.2) is 0 Å². The molecule has 0 spiro atoms. The van der Waals surface area contributed by atoms with Gasteiger partial charge in [-0.2, -0.15) is 0 Å². The Kier molecular flexibility index (Phi) is 4.90. The van der Waals surface area contributed by atoms with Gasteiger partial charge in [-0.1, -0.05) is 12.1 Å². The number of phenolic OH excluding ortho intramolecular Hbond substituents is 1. The molecule has 1 aliphatic heterocycles. The number of anilines is 1. The van der Waals surface area contributed by atoms with E-state index in [2.05, 4.69) is 5.32 Å². The van der Waals surface area contributed by atoms with Crippen molar-refractivity contribution in [1.29, 1.82) is 0 Å². The summed E-state index contributed by atoms with van der Waals surface area (Å²) in [7, 11) is 0. The average molecular weight is 381 g/mol. The van der Waals surface area contributed by atoms with Crippen LogP contribution in [-0.2, 0) is 0 Å². The lowest BCUT2D eigenvalue weighted by Crippen LogP contribution is -2.37. The Labute approximate surface area is 163 Å². The molecule has 4 rings (SSSR count). The number of carbonyl (C=O) groups is 1. The highest BCUT2D eigenvalue weighted by atomic mass is 16.6. The standard InChI is InChI=1S/C21H23N3O4/c25-18-6-1-14(2-7-18)15-9-11-23(12-10-15)21(26)16-3-8-19(22-17-4-5-17)20(13-16)24(27)28/h1-3,6-8,13,15,17,22,25H,4-5,9-12H2. The summed E-state index contributed by atoms with van der Waals surface area (Å²) in [4.78, 5) is 25.6. The molecule has 2 aromatic rings. The Morgan fingerprint density at radius 3 is 2.36 bits per heavy atom. The van der Waals surface area contributed by atoms with Crippen molar-refractivity contribution in [3.63, 3.8) is 0 Å². The van der Waals surface area contributed by atoms with Gasteiger partial charge < -0.3 is 15.3 Å². The number of nitrogens with one attached hydrogen (secondary N) is 1. The molecule has 1 saturated heterocycles. The Morgan fingerprint density at radius 1 is 1.07 bits per heavy atom. The topological polar surface area (TPSA) is 95.7 Å². The van der Waals surface area contributed by atoms with Crippen molar-refractivity contribution in [3.8, 4) is 5.75 Å². The van der Waals surface area contributed by atoms with Crippen molar-refractivity contribution in [1.82, 2.24) is 4.90 Å². The van der Waals surface area contributed by atoms with Gasteiger partial charge in [0.25, 0.3) is 11.6 Å². The maximum atomic E-state index is 12.9. The molecule has 0 atom stereocenters. The molecule has 0 aromatic heterocycles. The SMILES string of the molecule is O=C(c1ccc(NC2CC2)c([N+](=O)[O-])c1)N1CCC(c2ccc(O)cc2)CC1. The van der Waals surface area contributed by atoms with Gasteiger partial charge in [0.1, 0.15) is 11.4 Å². The Balaban J connectivity index is 1.44. The molecule has 0 unspecified atom stereocenters. The van der Waals surface area contributed by atoms with Crippen LogP contribution >= 0.6 is 0 Å². The predicted octanol–water partition coefficient (Wildman–Crippen LogP) is 3.89. The second kappa shape index (κ2) is 7.50. The summed E-state index contributed by atoms with van der Waals surface area (Å²) in [6.07, 6.45) is 3.71. The van der Waals surface area contributed by atoms with Crippen LogP contribution in [0.3, 0.4) is 0 Å². The van der Waals surface area contributed by atoms with E-state index < -0.39 is 4.92 Å². The number of amides is 1. The van der Waals surface area contributed by atoms with E-state index in [9.17, 15) is 20.0 Å². The van der Waals surface area contributed by atoms with Crippen molar-refractivity contribution < 1.29 is 14.8 Å². The van der Waals surface area contributed by atoms with Gasteiger partial charge in [-0.05, 0) is 61.4 Å². The van der Waals surface area contributed by atoms with Gasteiger partial charge in [0.2, 0.25) is 0 Å². The third kappa shape index (κ3) is 3.93. The van der Waals surface area contributed by atoms with Crippen LogP contribution in [0.25, 0.3) is 0 Å². The number of nitro groups is 1. The highest BCUT2D eigenvalue weighted by Gasteiger charge is 2.28. The van der Waals surface area contributed by atoms with E-state index in [1.54, 1.807) is 29.2 Å². The highest BCUT2D eigenvalue weighted by molar-refractivity contribution is 5.95. The summed E-state index contributed by atoms with van der Waals surface area (Å²) < 4.78 is 0. The summed E-state index contributed by atoms with van der Waals surface area (Å²) in [6.45, 7) is 1.22. The number of phenols is 1. The van der Waals surface area contributed by atoms with Crippen LogP contribution in [0.15, 0.2) is 42.5 Å². The fourth-order valence-electron chi connectivity index (χ4n) is 3.73. The van der Waals surface area contributed by atoms with Crippen LogP contribution in [0, 0.1) is 10.1 Å². The molecule has 2 aromatic carbocycles. The van der Waals surface area contributed by atoms with E-state index in [1.807, 2.05) is 12.1 Å². The summed E-state index contributed by atoms with van der Waals surface area (Å²) in [5.41, 5.74) is 1.96. The number of rotatable bonds is 5. The maximum Gasteiger partial charge on any atom is 0.293 e. The van der Waals surface area contributed by atoms with Crippen LogP contribution in [0.5, 0.6) is 5.75 Å². The van der Waals surface area contributed by atoms with Crippen LogP contribution in [0.2, 0.25) is 0 Å². The van der Waals surface area contributed by atoms with E-state index in [-0.39, 0.29) is 17.3 Å². The van der Waals surface area contributed by atoms with E-state index >= 15 is 0 Å². The fraction of sp³-hybridized carbons (Fsp3) is 0.381. The van der Waals surface area contributed by atoms with Gasteiger partial charge in [0.05, 0.1) is 4.92 Å². The number of nitrogens with zero attached hydrogens (tertiary/aromatic N) is 2. The molecule has 2 aliphatic rings. The molecule has 1 aliphatic carbocycles. The lowest BCUT2D eigenvalue weighted by Gasteiger charge is -2.32. The van der Waals surface area contributed by atoms with Gasteiger partial charge >= 0.3 is 0 Å². The van der Waals surface area contributed by atoms with E-state index in [1.165, 1.54) is 6.07 Å². The van der Waals surface area contributed by atoms with Crippen LogP contribution in [0.1, 0.15) is 47.5 Å². The minimum absolute atomic E-state index is 0.0447. The first-order chi connectivity index (χ1) is 13.5. The largest absolute Gasteiger partial charge is 0.508 e. The second-order valence-corrected chi connectivity index (χ2v) is 7.57. The molecule has 7 nitrogen and oxygen atoms in total. The molecule has 0 radical (unpaired) electrons. The minimum Gasteiger partial charge on any atom is -0.508 e. The molecule has 1 heterocycles. The molecular weight excluding hydrogens is 358 g/mol. The normalized spacial score (nSPS) is 17.4. The first-order valence-corrected chi connectivity index (χ1v) is 9.64. The summed E-state index contributed by atoms with van der Waals surface area (Å²) >= 11 is 0. The van der Waals surface area contributed by atoms with Crippen LogP contribution < -0.4 is 5.32 Å². The quantitative estimate of drug-likeness (QED) is 0.605. The number of carbonyl (C=O) groups excluding carboxylic acids is 1. The Bertz CT molecular complexity index is 885. The van der Waals surface area contributed by atoms with Crippen molar-refractivity contribution >= 4 is 17.3 Å². The third-order valence-electron chi connectivity index (χ3n) is 5.53. The zero-order valence-electron chi connectivity index (χ0n) is 15.5. The maximum absolute atomic E-state index is 12.9. The van der Waals surface area contributed by atoms with Crippen molar-refractivity contribution in [2.75, 3.05) is 18.4 Å². The molecule has 1 saturated carbocycles. The van der Waals surface area contributed by atoms with Crippen molar-refractivity contribution in [2.45, 2.75) is 37.6 Å². The molecular formula is C21H23N3O4. The number of hydrogen-bond donors (Lipinski definition) is 2. The molecule has 2 fully saturated rings. The monoisotopic (exact) mass is 381 g/mol. The van der Waals surface area contributed by atoms with E-state index in [0.717, 1.165) is 31.2 Å². The smallest absolute Gasteiger partial charge is 0.293 e. The summed E-state index contributed by atoms with van der Waals surface area (Å²) in [5, 5.41) is 24.0. The molecule has 1 amide bonds. The lowest BCUT2D eigenvalue weighted by molar-refractivity contribution is -0.384. The number of likely N-dealkylation sites (tertiary alicyclic amines) is 1. The zero-order chi connectivity index (χ0) is 19.7. The summed E-state index contributed by atoms with van der Waals surface area (Å²) in [6, 6.07) is 12.2. The zero-order valence-corrected chi connectivity index (χ0v) is 15.5. The number of aromatic hydroxyl groups is 1. The van der Waals surface area contributed by atoms with E-state index in [4.69, 9.17) is 0 Å². The molecule has 28 heavy (non-hydrogen) atoms. The molecule has 146 valence electrons. The van der Waals surface area contributed by atoms with Gasteiger partial charge in [-0.3, -0.25) is 14.9 Å². The summed E-state index contributed by atoms with van der Waals surface area (Å²) in [5.74, 6) is 0.437. The van der Waals surface area contributed by atoms with Crippen LogP contribution in [0.4, 0.5) is 11.4 Å². The first-order valence-electron chi connectivity index (χ1n) is 9.64. The lowest BCUT2D eigenvalue weighted by atomic mass is 9.89. The fourth-order valence-corrected chi connectivity index (χ4v) is 3.73. The van der Waals surface area contributed by atoms with Crippen molar-refractivity contribution in [2.24, 2.45) is 0 Å². The Hall–Kier alpha value is -3.09. The Morgan fingerprint density at radius 2 is 1.75 bits per heavy atom. The molecule has 7 heteroatoms. The van der Waals surface area contributed by atoms with Gasteiger partial charge in [0.15, 0.2) is 0 Å². The highest BCUT2D eigenvalue weighted by Crippen LogP contribution is 2.33. The number of piperidine rings is 1. The number of hydrogen-bond acceptors (Lipinski definition) is 5. The molecule has 0 bridgehead atoms. The van der Waals surface area contributed by atoms with Crippen LogP contribution in [-0.4, -0.2) is 40.0 Å². The average Bonchev–Trinajstić information content (AvgIpc) is 3.52. The van der Waals surface area contributed by atoms with Crippen molar-refractivity contribution in [3.05, 3.63) is 63.7 Å².